The minimum Gasteiger partial charge on any atom is -0.497 e. The van der Waals surface area contributed by atoms with Gasteiger partial charge in [0, 0.05) is 0 Å². The van der Waals surface area contributed by atoms with Gasteiger partial charge in [0.15, 0.2) is 11.1 Å². The molecule has 3 rings (SSSR count). The molecular weight excluding hydrogens is 604 g/mol. The predicted molar refractivity (Wildman–Crippen MR) is 146 cm³/mol. The van der Waals surface area contributed by atoms with Crippen LogP contribution in [0.2, 0.25) is 0 Å². The van der Waals surface area contributed by atoms with Crippen molar-refractivity contribution in [1.29, 1.82) is 0 Å². The van der Waals surface area contributed by atoms with Crippen LogP contribution < -0.4 is 9.75 Å². The molecule has 240 valence electrons. The van der Waals surface area contributed by atoms with Gasteiger partial charge >= 0.3 is 41.8 Å². The molecule has 0 saturated heterocycles. The maximum absolute atomic E-state index is 14.4. The predicted octanol–water partition coefficient (Wildman–Crippen LogP) is -0.586. The van der Waals surface area contributed by atoms with Gasteiger partial charge < -0.3 is 37.9 Å². The van der Waals surface area contributed by atoms with Crippen molar-refractivity contribution >= 4 is 53.2 Å². The number of benzene rings is 1. The van der Waals surface area contributed by atoms with E-state index in [0.717, 1.165) is 49.8 Å². The highest BCUT2D eigenvalue weighted by atomic mass is 16.6. The summed E-state index contributed by atoms with van der Waals surface area (Å²) in [5.41, 5.74) is -12.2. The highest BCUT2D eigenvalue weighted by Crippen LogP contribution is 2.60. The Balaban J connectivity index is 2.94. The Bertz CT molecular complexity index is 1570. The molecule has 2 aliphatic rings. The number of fused-ring (bicyclic) bond motifs is 1. The lowest BCUT2D eigenvalue weighted by Gasteiger charge is -2.48. The number of nitrogens with zero attached hydrogens (tertiary/aromatic N) is 2. The second-order valence-corrected chi connectivity index (χ2v) is 8.86. The maximum atomic E-state index is 14.4. The summed E-state index contributed by atoms with van der Waals surface area (Å²) in [6, 6.07) is 5.35. The van der Waals surface area contributed by atoms with E-state index < -0.39 is 80.7 Å². The van der Waals surface area contributed by atoms with E-state index in [0.29, 0.717) is 10.8 Å². The number of ether oxygens (including phenoxy) is 8. The average molecular weight is 633 g/mol. The number of carbonyl (C=O) groups excluding carboxylic acids is 7. The molecule has 1 aliphatic carbocycles. The van der Waals surface area contributed by atoms with Crippen molar-refractivity contribution in [3.8, 4) is 5.75 Å². The van der Waals surface area contributed by atoms with Gasteiger partial charge in [-0.05, 0) is 24.3 Å². The fourth-order valence-electron chi connectivity index (χ4n) is 5.37. The summed E-state index contributed by atoms with van der Waals surface area (Å²) in [6.07, 6.45) is 0. The molecule has 1 heterocycles. The SMILES string of the molecule is COC(=O)C1=NN(c2ccc(OC)cc2)C2(C(=O)OC)C(C(=O)OC)=C(C(=O)OC)C(C(=O)OC)=C(C(=O)OC)C12C(=O)OC. The van der Waals surface area contributed by atoms with Crippen LogP contribution in [0.15, 0.2) is 51.7 Å². The summed E-state index contributed by atoms with van der Waals surface area (Å²) in [5, 5.41) is 4.89. The Morgan fingerprint density at radius 3 is 1.42 bits per heavy atom. The first-order valence-electron chi connectivity index (χ1n) is 12.5. The van der Waals surface area contributed by atoms with Crippen molar-refractivity contribution in [2.24, 2.45) is 10.5 Å². The third-order valence-corrected chi connectivity index (χ3v) is 7.13. The molecule has 1 aromatic rings. The Hall–Kier alpha value is -5.74. The highest BCUT2D eigenvalue weighted by Gasteiger charge is 2.82. The molecule has 0 bridgehead atoms. The lowest BCUT2D eigenvalue weighted by molar-refractivity contribution is -0.163. The second kappa shape index (κ2) is 12.9. The number of methoxy groups -OCH3 is 8. The molecule has 0 aromatic heterocycles. The normalized spacial score (nSPS) is 20.3. The third kappa shape index (κ3) is 4.54. The van der Waals surface area contributed by atoms with Gasteiger partial charge in [0.05, 0.1) is 84.9 Å². The van der Waals surface area contributed by atoms with E-state index in [1.54, 1.807) is 0 Å². The van der Waals surface area contributed by atoms with Crippen LogP contribution in [0, 0.1) is 5.41 Å². The zero-order valence-corrected chi connectivity index (χ0v) is 25.3. The number of hydrogen-bond donors (Lipinski definition) is 0. The minimum absolute atomic E-state index is 0.148. The van der Waals surface area contributed by atoms with Gasteiger partial charge in [-0.25, -0.2) is 33.8 Å². The van der Waals surface area contributed by atoms with Crippen molar-refractivity contribution < 1.29 is 71.5 Å². The van der Waals surface area contributed by atoms with Gasteiger partial charge in [-0.2, -0.15) is 5.10 Å². The molecule has 17 nitrogen and oxygen atoms in total. The van der Waals surface area contributed by atoms with Crippen molar-refractivity contribution in [3.05, 3.63) is 46.6 Å². The van der Waals surface area contributed by atoms with Gasteiger partial charge in [0.25, 0.3) is 0 Å². The van der Waals surface area contributed by atoms with Gasteiger partial charge in [0.2, 0.25) is 5.54 Å². The van der Waals surface area contributed by atoms with E-state index in [2.05, 4.69) is 5.10 Å². The molecule has 0 fully saturated rings. The zero-order chi connectivity index (χ0) is 33.9. The second-order valence-electron chi connectivity index (χ2n) is 8.86. The Morgan fingerprint density at radius 2 is 1.00 bits per heavy atom. The van der Waals surface area contributed by atoms with Crippen LogP contribution in [0.3, 0.4) is 0 Å². The molecule has 1 aliphatic heterocycles. The lowest BCUT2D eigenvalue weighted by Crippen LogP contribution is -2.72. The summed E-state index contributed by atoms with van der Waals surface area (Å²) in [7, 11) is 7.28. The van der Waals surface area contributed by atoms with E-state index in [9.17, 15) is 33.6 Å². The lowest BCUT2D eigenvalue weighted by atomic mass is 9.54. The summed E-state index contributed by atoms with van der Waals surface area (Å²) in [4.78, 5) is 97.1. The number of anilines is 1. The number of carbonyl (C=O) groups is 7. The van der Waals surface area contributed by atoms with E-state index in [1.165, 1.54) is 31.4 Å². The van der Waals surface area contributed by atoms with E-state index in [-0.39, 0.29) is 5.69 Å². The van der Waals surface area contributed by atoms with Crippen LogP contribution in [-0.2, 0) is 66.7 Å². The van der Waals surface area contributed by atoms with Gasteiger partial charge in [-0.15, -0.1) is 0 Å². The quantitative estimate of drug-likeness (QED) is 0.246. The van der Waals surface area contributed by atoms with Gasteiger partial charge in [-0.3, -0.25) is 4.79 Å². The monoisotopic (exact) mass is 632 g/mol. The molecule has 17 heteroatoms. The highest BCUT2D eigenvalue weighted by molar-refractivity contribution is 6.49. The molecule has 0 spiro atoms. The van der Waals surface area contributed by atoms with Gasteiger partial charge in [-0.1, -0.05) is 0 Å². The summed E-state index contributed by atoms with van der Waals surface area (Å²) in [6.45, 7) is 0. The van der Waals surface area contributed by atoms with Gasteiger partial charge in [0.1, 0.15) is 5.75 Å². The van der Waals surface area contributed by atoms with Crippen LogP contribution in [0.1, 0.15) is 0 Å². The number of esters is 7. The van der Waals surface area contributed by atoms with Crippen molar-refractivity contribution in [2.75, 3.05) is 61.9 Å². The summed E-state index contributed by atoms with van der Waals surface area (Å²) in [5.74, 6) is -10.4. The number of hydrazone groups is 1. The summed E-state index contributed by atoms with van der Waals surface area (Å²) >= 11 is 0. The standard InChI is InChI=1S/C28H28N2O15/c1-38-14-11-9-13(10-12-14)30-28(26(37)45-8)18(23(34)42-5)16(21(32)40-3)15(20(31)39-2)17(22(33)41-4)27(28,25(36)44-7)19(29-30)24(35)43-6/h9-12H,1-8H3. The van der Waals surface area contributed by atoms with Crippen LogP contribution in [0.4, 0.5) is 5.69 Å². The summed E-state index contributed by atoms with van der Waals surface area (Å²) < 4.78 is 39.8. The van der Waals surface area contributed by atoms with E-state index in [1.807, 2.05) is 0 Å². The van der Waals surface area contributed by atoms with Crippen LogP contribution in [0.25, 0.3) is 0 Å². The van der Waals surface area contributed by atoms with Crippen molar-refractivity contribution in [2.45, 2.75) is 5.54 Å². The Kier molecular flexibility index (Phi) is 9.65. The van der Waals surface area contributed by atoms with E-state index in [4.69, 9.17) is 37.9 Å². The largest absolute Gasteiger partial charge is 0.497 e. The average Bonchev–Trinajstić information content (AvgIpc) is 3.40. The third-order valence-electron chi connectivity index (χ3n) is 7.13. The molecule has 2 atom stereocenters. The van der Waals surface area contributed by atoms with E-state index >= 15 is 0 Å². The molecule has 1 aromatic carbocycles. The first-order valence-corrected chi connectivity index (χ1v) is 12.5. The topological polar surface area (TPSA) is 209 Å². The zero-order valence-electron chi connectivity index (χ0n) is 25.3. The Labute approximate surface area is 255 Å². The molecule has 2 unspecified atom stereocenters. The Morgan fingerprint density at radius 1 is 0.556 bits per heavy atom. The fourth-order valence-corrected chi connectivity index (χ4v) is 5.37. The first kappa shape index (κ1) is 33.8. The molecule has 0 N–H and O–H groups in total. The molecule has 45 heavy (non-hydrogen) atoms. The van der Waals surface area contributed by atoms with Crippen molar-refractivity contribution in [1.82, 2.24) is 0 Å². The minimum atomic E-state index is -3.29. The first-order chi connectivity index (χ1) is 21.4. The fraction of sp³-hybridized carbons (Fsp3) is 0.357. The molecule has 0 amide bonds. The number of rotatable bonds is 9. The maximum Gasteiger partial charge on any atom is 0.355 e. The number of hydrogen-bond acceptors (Lipinski definition) is 17. The molecular formula is C28H28N2O15. The van der Waals surface area contributed by atoms with Crippen LogP contribution >= 0.6 is 0 Å². The van der Waals surface area contributed by atoms with Crippen molar-refractivity contribution in [3.63, 3.8) is 0 Å². The smallest absolute Gasteiger partial charge is 0.355 e. The molecule has 0 radical (unpaired) electrons. The van der Waals surface area contributed by atoms with Crippen LogP contribution in [0.5, 0.6) is 5.75 Å². The molecule has 0 saturated carbocycles. The van der Waals surface area contributed by atoms with Crippen LogP contribution in [-0.4, -0.2) is 110 Å².